The van der Waals surface area contributed by atoms with Gasteiger partial charge in [-0.15, -0.1) is 0 Å². The number of benzene rings is 2. The fourth-order valence-electron chi connectivity index (χ4n) is 3.45. The van der Waals surface area contributed by atoms with Crippen molar-refractivity contribution in [1.82, 2.24) is 4.90 Å². The second-order valence-electron chi connectivity index (χ2n) is 6.71. The summed E-state index contributed by atoms with van der Waals surface area (Å²) in [7, 11) is 0. The molecule has 2 aromatic carbocycles. The van der Waals surface area contributed by atoms with Crippen molar-refractivity contribution in [3.05, 3.63) is 70.8 Å². The van der Waals surface area contributed by atoms with Gasteiger partial charge in [0.25, 0.3) is 0 Å². The summed E-state index contributed by atoms with van der Waals surface area (Å²) in [5.41, 5.74) is 4.91. The largest absolute Gasteiger partial charge is 0.387 e. The molecule has 1 atom stereocenters. The van der Waals surface area contributed by atoms with Crippen LogP contribution >= 0.6 is 0 Å². The molecule has 1 N–H and O–H groups in total. The van der Waals surface area contributed by atoms with E-state index in [-0.39, 0.29) is 6.10 Å². The average molecular weight is 295 g/mol. The standard InChI is InChI=1S/C20H25NO/c1-15-8-16(2)10-19(9-15)20(22)14-21-12-18(13-21)11-17-6-4-3-5-7-17/h3-10,18,20,22H,11-14H2,1-2H3. The molecule has 22 heavy (non-hydrogen) atoms. The maximum Gasteiger partial charge on any atom is 0.0917 e. The Morgan fingerprint density at radius 3 is 2.32 bits per heavy atom. The molecule has 0 aliphatic carbocycles. The van der Waals surface area contributed by atoms with Gasteiger partial charge in [0, 0.05) is 19.6 Å². The Kier molecular flexibility index (Phi) is 4.60. The van der Waals surface area contributed by atoms with E-state index in [1.54, 1.807) is 0 Å². The van der Waals surface area contributed by atoms with Gasteiger partial charge in [0.05, 0.1) is 6.10 Å². The lowest BCUT2D eigenvalue weighted by Gasteiger charge is -2.40. The van der Waals surface area contributed by atoms with Gasteiger partial charge in [-0.25, -0.2) is 0 Å². The molecule has 116 valence electrons. The van der Waals surface area contributed by atoms with Gasteiger partial charge in [0.15, 0.2) is 0 Å². The summed E-state index contributed by atoms with van der Waals surface area (Å²) >= 11 is 0. The van der Waals surface area contributed by atoms with Crippen molar-refractivity contribution in [2.75, 3.05) is 19.6 Å². The lowest BCUT2D eigenvalue weighted by Crippen LogP contribution is -2.49. The van der Waals surface area contributed by atoms with Crippen LogP contribution in [0.1, 0.15) is 28.4 Å². The highest BCUT2D eigenvalue weighted by molar-refractivity contribution is 5.30. The summed E-state index contributed by atoms with van der Waals surface area (Å²) in [4.78, 5) is 2.36. The van der Waals surface area contributed by atoms with Crippen LogP contribution in [0.25, 0.3) is 0 Å². The van der Waals surface area contributed by atoms with Crippen LogP contribution in [0.3, 0.4) is 0 Å². The second-order valence-corrected chi connectivity index (χ2v) is 6.71. The van der Waals surface area contributed by atoms with Crippen molar-refractivity contribution in [3.63, 3.8) is 0 Å². The van der Waals surface area contributed by atoms with Gasteiger partial charge in [-0.1, -0.05) is 59.7 Å². The highest BCUT2D eigenvalue weighted by Gasteiger charge is 2.28. The molecule has 2 aromatic rings. The summed E-state index contributed by atoms with van der Waals surface area (Å²) in [6.07, 6.45) is 0.771. The molecule has 0 bridgehead atoms. The third kappa shape index (κ3) is 3.76. The molecule has 0 radical (unpaired) electrons. The molecule has 1 aliphatic rings. The quantitative estimate of drug-likeness (QED) is 0.912. The average Bonchev–Trinajstić information content (AvgIpc) is 2.45. The third-order valence-corrected chi connectivity index (χ3v) is 4.46. The molecular weight excluding hydrogens is 270 g/mol. The topological polar surface area (TPSA) is 23.5 Å². The molecule has 2 heteroatoms. The Balaban J connectivity index is 1.49. The Morgan fingerprint density at radius 2 is 1.68 bits per heavy atom. The minimum atomic E-state index is -0.378. The molecule has 0 spiro atoms. The predicted molar refractivity (Wildman–Crippen MR) is 91.0 cm³/mol. The number of hydrogen-bond acceptors (Lipinski definition) is 2. The van der Waals surface area contributed by atoms with Crippen molar-refractivity contribution in [2.24, 2.45) is 5.92 Å². The summed E-state index contributed by atoms with van der Waals surface area (Å²) < 4.78 is 0. The third-order valence-electron chi connectivity index (χ3n) is 4.46. The zero-order chi connectivity index (χ0) is 15.5. The van der Waals surface area contributed by atoms with Crippen LogP contribution < -0.4 is 0 Å². The van der Waals surface area contributed by atoms with E-state index in [0.29, 0.717) is 0 Å². The van der Waals surface area contributed by atoms with Gasteiger partial charge in [-0.2, -0.15) is 0 Å². The highest BCUT2D eigenvalue weighted by Crippen LogP contribution is 2.24. The zero-order valence-electron chi connectivity index (χ0n) is 13.5. The van der Waals surface area contributed by atoms with Crippen molar-refractivity contribution in [2.45, 2.75) is 26.4 Å². The number of aliphatic hydroxyl groups excluding tert-OH is 1. The second kappa shape index (κ2) is 6.64. The monoisotopic (exact) mass is 295 g/mol. The van der Waals surface area contributed by atoms with E-state index >= 15 is 0 Å². The van der Waals surface area contributed by atoms with Gasteiger partial charge in [0.1, 0.15) is 0 Å². The van der Waals surface area contributed by atoms with E-state index in [9.17, 15) is 5.11 Å². The maximum atomic E-state index is 10.4. The zero-order valence-corrected chi connectivity index (χ0v) is 13.5. The van der Waals surface area contributed by atoms with E-state index in [2.05, 4.69) is 67.3 Å². The van der Waals surface area contributed by atoms with Crippen molar-refractivity contribution >= 4 is 0 Å². The fraction of sp³-hybridized carbons (Fsp3) is 0.400. The normalized spacial score (nSPS) is 17.2. The number of aliphatic hydroxyl groups is 1. The number of β-amino-alcohol motifs (C(OH)–C–C–N with tert-alkyl or cyclic N) is 1. The molecule has 3 rings (SSSR count). The minimum absolute atomic E-state index is 0.378. The first-order valence-corrected chi connectivity index (χ1v) is 8.12. The number of hydrogen-bond donors (Lipinski definition) is 1. The first kappa shape index (κ1) is 15.3. The fourth-order valence-corrected chi connectivity index (χ4v) is 3.45. The molecule has 1 fully saturated rings. The molecular formula is C20H25NO. The van der Waals surface area contributed by atoms with Crippen LogP contribution in [-0.2, 0) is 6.42 Å². The summed E-state index contributed by atoms with van der Waals surface area (Å²) in [6.45, 7) is 7.10. The van der Waals surface area contributed by atoms with E-state index in [1.807, 2.05) is 0 Å². The maximum absolute atomic E-state index is 10.4. The Bertz CT molecular complexity index is 597. The smallest absolute Gasteiger partial charge is 0.0917 e. The summed E-state index contributed by atoms with van der Waals surface area (Å²) in [5, 5.41) is 10.4. The molecule has 1 heterocycles. The van der Waals surface area contributed by atoms with Crippen LogP contribution in [0.2, 0.25) is 0 Å². The molecule has 1 unspecified atom stereocenters. The van der Waals surface area contributed by atoms with Crippen LogP contribution in [0.5, 0.6) is 0 Å². The SMILES string of the molecule is Cc1cc(C)cc(C(O)CN2CC(Cc3ccccc3)C2)c1. The molecule has 1 aliphatic heterocycles. The van der Waals surface area contributed by atoms with Gasteiger partial charge in [-0.05, 0) is 37.3 Å². The van der Waals surface area contributed by atoms with Gasteiger partial charge < -0.3 is 5.11 Å². The van der Waals surface area contributed by atoms with Gasteiger partial charge in [-0.3, -0.25) is 4.90 Å². The molecule has 0 amide bonds. The first-order chi connectivity index (χ1) is 10.6. The Hall–Kier alpha value is -1.64. The van der Waals surface area contributed by atoms with Crippen molar-refractivity contribution in [1.29, 1.82) is 0 Å². The van der Waals surface area contributed by atoms with Gasteiger partial charge in [0.2, 0.25) is 0 Å². The van der Waals surface area contributed by atoms with Crippen LogP contribution in [0.15, 0.2) is 48.5 Å². The lowest BCUT2D eigenvalue weighted by molar-refractivity contribution is 0.0398. The number of rotatable bonds is 5. The van der Waals surface area contributed by atoms with E-state index in [4.69, 9.17) is 0 Å². The Labute approximate surface area is 133 Å². The highest BCUT2D eigenvalue weighted by atomic mass is 16.3. The Morgan fingerprint density at radius 1 is 1.05 bits per heavy atom. The lowest BCUT2D eigenvalue weighted by atomic mass is 9.91. The minimum Gasteiger partial charge on any atom is -0.387 e. The van der Waals surface area contributed by atoms with Crippen LogP contribution in [0.4, 0.5) is 0 Å². The first-order valence-electron chi connectivity index (χ1n) is 8.12. The van der Waals surface area contributed by atoms with E-state index < -0.39 is 0 Å². The van der Waals surface area contributed by atoms with Crippen LogP contribution in [-0.4, -0.2) is 29.6 Å². The van der Waals surface area contributed by atoms with Crippen molar-refractivity contribution < 1.29 is 5.11 Å². The van der Waals surface area contributed by atoms with Crippen molar-refractivity contribution in [3.8, 4) is 0 Å². The van der Waals surface area contributed by atoms with E-state index in [1.165, 1.54) is 16.7 Å². The molecule has 1 saturated heterocycles. The number of nitrogens with zero attached hydrogens (tertiary/aromatic N) is 1. The molecule has 0 aromatic heterocycles. The number of likely N-dealkylation sites (tertiary alicyclic amines) is 1. The van der Waals surface area contributed by atoms with Crippen LogP contribution in [0, 0.1) is 19.8 Å². The summed E-state index contributed by atoms with van der Waals surface area (Å²) in [5.74, 6) is 0.730. The molecule has 2 nitrogen and oxygen atoms in total. The predicted octanol–water partition coefficient (Wildman–Crippen LogP) is 3.51. The van der Waals surface area contributed by atoms with E-state index in [0.717, 1.165) is 37.5 Å². The van der Waals surface area contributed by atoms with Gasteiger partial charge >= 0.3 is 0 Å². The summed E-state index contributed by atoms with van der Waals surface area (Å²) in [6, 6.07) is 17.0. The molecule has 0 saturated carbocycles. The number of aryl methyl sites for hydroxylation is 2.